The summed E-state index contributed by atoms with van der Waals surface area (Å²) >= 11 is 0. The summed E-state index contributed by atoms with van der Waals surface area (Å²) in [5.41, 5.74) is 2.56. The van der Waals surface area contributed by atoms with Crippen LogP contribution in [0.2, 0.25) is 0 Å². The van der Waals surface area contributed by atoms with Crippen molar-refractivity contribution in [2.45, 2.75) is 52.2 Å². The molecule has 1 rings (SSSR count). The van der Waals surface area contributed by atoms with E-state index in [0.29, 0.717) is 6.54 Å². The lowest BCUT2D eigenvalue weighted by atomic mass is 9.87. The number of nitrogens with one attached hydrogen (secondary N) is 2. The van der Waals surface area contributed by atoms with Crippen molar-refractivity contribution in [3.05, 3.63) is 35.4 Å². The van der Waals surface area contributed by atoms with Crippen LogP contribution in [0.25, 0.3) is 0 Å². The molecule has 1 aromatic rings. The molecule has 0 spiro atoms. The van der Waals surface area contributed by atoms with Crippen molar-refractivity contribution in [1.29, 1.82) is 0 Å². The highest BCUT2D eigenvalue weighted by molar-refractivity contribution is 5.79. The Morgan fingerprint density at radius 2 is 1.64 bits per heavy atom. The molecule has 0 unspecified atom stereocenters. The summed E-state index contributed by atoms with van der Waals surface area (Å²) in [6, 6.07) is 8.72. The third-order valence-corrected chi connectivity index (χ3v) is 3.74. The van der Waals surface area contributed by atoms with Crippen LogP contribution in [0.5, 0.6) is 0 Å². The second-order valence-electron chi connectivity index (χ2n) is 7.19. The Hall–Kier alpha value is -1.55. The van der Waals surface area contributed by atoms with Crippen molar-refractivity contribution in [3.63, 3.8) is 0 Å². The van der Waals surface area contributed by atoms with Crippen molar-refractivity contribution in [2.75, 3.05) is 20.7 Å². The minimum Gasteiger partial charge on any atom is -0.377 e. The number of hydrogen-bond donors (Lipinski definition) is 2. The van der Waals surface area contributed by atoms with Gasteiger partial charge in [0.15, 0.2) is 5.96 Å². The maximum Gasteiger partial charge on any atom is 0.191 e. The van der Waals surface area contributed by atoms with Gasteiger partial charge in [-0.3, -0.25) is 4.99 Å². The van der Waals surface area contributed by atoms with E-state index in [1.807, 2.05) is 13.8 Å². The first-order chi connectivity index (χ1) is 10.2. The average molecular weight is 305 g/mol. The fraction of sp³-hybridized carbons (Fsp3) is 0.611. The monoisotopic (exact) mass is 305 g/mol. The van der Waals surface area contributed by atoms with Gasteiger partial charge in [-0.05, 0) is 30.4 Å². The summed E-state index contributed by atoms with van der Waals surface area (Å²) in [6.07, 6.45) is 0. The summed E-state index contributed by atoms with van der Waals surface area (Å²) in [6.45, 7) is 12.2. The van der Waals surface area contributed by atoms with Gasteiger partial charge in [-0.25, -0.2) is 0 Å². The fourth-order valence-corrected chi connectivity index (χ4v) is 1.90. The molecule has 22 heavy (non-hydrogen) atoms. The number of ether oxygens (including phenoxy) is 1. The number of aliphatic imine (C=N–C) groups is 1. The molecule has 0 bridgehead atoms. The molecule has 2 N–H and O–H groups in total. The topological polar surface area (TPSA) is 45.7 Å². The Balaban J connectivity index is 2.54. The normalized spacial score (nSPS) is 13.1. The molecule has 0 aliphatic rings. The minimum atomic E-state index is -0.216. The lowest BCUT2D eigenvalue weighted by Crippen LogP contribution is -2.45. The summed E-state index contributed by atoms with van der Waals surface area (Å²) in [5, 5.41) is 6.60. The van der Waals surface area contributed by atoms with E-state index in [2.05, 4.69) is 60.7 Å². The highest BCUT2D eigenvalue weighted by Gasteiger charge is 2.16. The number of rotatable bonds is 5. The number of guanidine groups is 1. The first-order valence-electron chi connectivity index (χ1n) is 7.77. The zero-order chi connectivity index (χ0) is 16.8. The predicted molar refractivity (Wildman–Crippen MR) is 94.4 cm³/mol. The minimum absolute atomic E-state index is 0.190. The van der Waals surface area contributed by atoms with Crippen LogP contribution in [0.3, 0.4) is 0 Å². The molecule has 124 valence electrons. The fourth-order valence-electron chi connectivity index (χ4n) is 1.90. The largest absolute Gasteiger partial charge is 0.377 e. The van der Waals surface area contributed by atoms with Crippen LogP contribution in [0, 0.1) is 0 Å². The van der Waals surface area contributed by atoms with Crippen LogP contribution >= 0.6 is 0 Å². The first-order valence-corrected chi connectivity index (χ1v) is 7.77. The Morgan fingerprint density at radius 3 is 2.09 bits per heavy atom. The molecule has 0 amide bonds. The molecule has 0 aliphatic carbocycles. The number of nitrogens with zero attached hydrogens (tertiary/aromatic N) is 1. The summed E-state index contributed by atoms with van der Waals surface area (Å²) < 4.78 is 5.40. The van der Waals surface area contributed by atoms with Crippen LogP contribution in [-0.4, -0.2) is 32.3 Å². The molecule has 0 aromatic heterocycles. The van der Waals surface area contributed by atoms with Gasteiger partial charge in [-0.2, -0.15) is 0 Å². The zero-order valence-electron chi connectivity index (χ0n) is 15.1. The van der Waals surface area contributed by atoms with Crippen molar-refractivity contribution < 1.29 is 4.74 Å². The van der Waals surface area contributed by atoms with Crippen LogP contribution in [0.1, 0.15) is 45.7 Å². The van der Waals surface area contributed by atoms with Crippen molar-refractivity contribution in [2.24, 2.45) is 4.99 Å². The maximum atomic E-state index is 5.40. The molecule has 0 saturated heterocycles. The van der Waals surface area contributed by atoms with Gasteiger partial charge in [0.2, 0.25) is 0 Å². The van der Waals surface area contributed by atoms with Crippen molar-refractivity contribution in [1.82, 2.24) is 10.6 Å². The van der Waals surface area contributed by atoms with Gasteiger partial charge in [0.25, 0.3) is 0 Å². The third kappa shape index (κ3) is 6.06. The molecular formula is C18H31N3O. The van der Waals surface area contributed by atoms with E-state index in [4.69, 9.17) is 4.74 Å². The van der Waals surface area contributed by atoms with Gasteiger partial charge >= 0.3 is 0 Å². The van der Waals surface area contributed by atoms with E-state index < -0.39 is 0 Å². The molecule has 4 heteroatoms. The molecule has 0 saturated carbocycles. The lowest BCUT2D eigenvalue weighted by molar-refractivity contribution is 0.0268. The Bertz CT molecular complexity index is 484. The van der Waals surface area contributed by atoms with E-state index in [1.54, 1.807) is 14.2 Å². The van der Waals surface area contributed by atoms with E-state index in [1.165, 1.54) is 11.1 Å². The highest BCUT2D eigenvalue weighted by atomic mass is 16.5. The maximum absolute atomic E-state index is 5.40. The number of benzene rings is 1. The molecule has 0 atom stereocenters. The summed E-state index contributed by atoms with van der Waals surface area (Å²) in [5.74, 6) is 0.782. The standard InChI is InChI=1S/C18H31N3O/c1-17(2,3)15-10-8-14(9-11-15)12-20-16(19-6)21-13-18(4,5)22-7/h8-11H,12-13H2,1-7H3,(H2,19,20,21). The molecule has 0 heterocycles. The molecule has 0 fully saturated rings. The third-order valence-electron chi connectivity index (χ3n) is 3.74. The van der Waals surface area contributed by atoms with E-state index in [0.717, 1.165) is 12.5 Å². The summed E-state index contributed by atoms with van der Waals surface area (Å²) in [4.78, 5) is 4.24. The van der Waals surface area contributed by atoms with Crippen LogP contribution in [-0.2, 0) is 16.7 Å². The van der Waals surface area contributed by atoms with E-state index in [9.17, 15) is 0 Å². The van der Waals surface area contributed by atoms with Crippen molar-refractivity contribution >= 4 is 5.96 Å². The molecular weight excluding hydrogens is 274 g/mol. The first kappa shape index (κ1) is 18.5. The lowest BCUT2D eigenvalue weighted by Gasteiger charge is -2.24. The Labute approximate surface area is 135 Å². The quantitative estimate of drug-likeness (QED) is 0.649. The second kappa shape index (κ2) is 7.63. The number of methoxy groups -OCH3 is 1. The van der Waals surface area contributed by atoms with Gasteiger partial charge in [-0.1, -0.05) is 45.0 Å². The zero-order valence-corrected chi connectivity index (χ0v) is 15.1. The molecule has 4 nitrogen and oxygen atoms in total. The van der Waals surface area contributed by atoms with Crippen LogP contribution in [0.4, 0.5) is 0 Å². The Morgan fingerprint density at radius 1 is 1.05 bits per heavy atom. The second-order valence-corrected chi connectivity index (χ2v) is 7.19. The SMILES string of the molecule is CN=C(NCc1ccc(C(C)(C)C)cc1)NCC(C)(C)OC. The van der Waals surface area contributed by atoms with E-state index in [-0.39, 0.29) is 11.0 Å². The molecule has 0 aliphatic heterocycles. The highest BCUT2D eigenvalue weighted by Crippen LogP contribution is 2.22. The van der Waals surface area contributed by atoms with Gasteiger partial charge in [0.1, 0.15) is 0 Å². The average Bonchev–Trinajstić information content (AvgIpc) is 2.47. The van der Waals surface area contributed by atoms with Gasteiger partial charge in [0, 0.05) is 27.2 Å². The molecule has 0 radical (unpaired) electrons. The van der Waals surface area contributed by atoms with Gasteiger partial charge in [0.05, 0.1) is 5.60 Å². The van der Waals surface area contributed by atoms with Gasteiger partial charge < -0.3 is 15.4 Å². The van der Waals surface area contributed by atoms with Crippen LogP contribution in [0.15, 0.2) is 29.3 Å². The Kier molecular flexibility index (Phi) is 6.42. The van der Waals surface area contributed by atoms with E-state index >= 15 is 0 Å². The smallest absolute Gasteiger partial charge is 0.191 e. The summed E-state index contributed by atoms with van der Waals surface area (Å²) in [7, 11) is 3.49. The van der Waals surface area contributed by atoms with Crippen LogP contribution < -0.4 is 10.6 Å². The van der Waals surface area contributed by atoms with Crippen molar-refractivity contribution in [3.8, 4) is 0 Å². The molecule has 1 aromatic carbocycles. The van der Waals surface area contributed by atoms with Gasteiger partial charge in [-0.15, -0.1) is 0 Å². The predicted octanol–water partition coefficient (Wildman–Crippen LogP) is 3.07. The number of hydrogen-bond acceptors (Lipinski definition) is 2.